The van der Waals surface area contributed by atoms with Gasteiger partial charge in [0.15, 0.2) is 0 Å². The first kappa shape index (κ1) is 17.6. The quantitative estimate of drug-likeness (QED) is 0.927. The van der Waals surface area contributed by atoms with Crippen LogP contribution in [0.1, 0.15) is 13.8 Å². The number of hydrogen-bond donors (Lipinski definition) is 1. The number of carbonyl (C=O) groups excluding carboxylic acids is 1. The van der Waals surface area contributed by atoms with Gasteiger partial charge >= 0.3 is 0 Å². The maximum absolute atomic E-state index is 11.5. The van der Waals surface area contributed by atoms with E-state index in [1.165, 1.54) is 0 Å². The highest BCUT2D eigenvalue weighted by molar-refractivity contribution is 6.32. The largest absolute Gasteiger partial charge is 0.495 e. The number of halogens is 1. The molecule has 0 saturated carbocycles. The van der Waals surface area contributed by atoms with Crippen LogP contribution in [0.15, 0.2) is 18.2 Å². The van der Waals surface area contributed by atoms with Gasteiger partial charge in [-0.05, 0) is 12.1 Å². The van der Waals surface area contributed by atoms with Gasteiger partial charge in [0.2, 0.25) is 5.91 Å². The standard InChI is InChI=1S/C13H18ClN3O2.C2H6/c1-19-12-8-10(2-3-11(12)14)16-4-6-17(7-5-16)13(18)9-15;1-2/h2-3,8H,4-7,9,15H2,1H3;1-2H3. The van der Waals surface area contributed by atoms with E-state index in [-0.39, 0.29) is 12.5 Å². The van der Waals surface area contributed by atoms with Crippen LogP contribution in [-0.4, -0.2) is 50.6 Å². The van der Waals surface area contributed by atoms with E-state index in [0.29, 0.717) is 23.9 Å². The van der Waals surface area contributed by atoms with Crippen molar-refractivity contribution in [2.24, 2.45) is 5.73 Å². The molecule has 0 radical (unpaired) electrons. The molecular weight excluding hydrogens is 290 g/mol. The monoisotopic (exact) mass is 313 g/mol. The van der Waals surface area contributed by atoms with Crippen molar-refractivity contribution in [3.05, 3.63) is 23.2 Å². The molecule has 0 aliphatic carbocycles. The summed E-state index contributed by atoms with van der Waals surface area (Å²) < 4.78 is 5.21. The lowest BCUT2D eigenvalue weighted by molar-refractivity contribution is -0.129. The van der Waals surface area contributed by atoms with Crippen molar-refractivity contribution in [1.29, 1.82) is 0 Å². The van der Waals surface area contributed by atoms with Crippen LogP contribution in [0.5, 0.6) is 5.75 Å². The first-order valence-corrected chi connectivity index (χ1v) is 7.60. The fourth-order valence-electron chi connectivity index (χ4n) is 2.19. The number of methoxy groups -OCH3 is 1. The maximum Gasteiger partial charge on any atom is 0.236 e. The van der Waals surface area contributed by atoms with Gasteiger partial charge in [-0.2, -0.15) is 0 Å². The van der Waals surface area contributed by atoms with Crippen molar-refractivity contribution in [2.75, 3.05) is 44.7 Å². The van der Waals surface area contributed by atoms with E-state index in [0.717, 1.165) is 18.8 Å². The van der Waals surface area contributed by atoms with Crippen LogP contribution in [0.3, 0.4) is 0 Å². The fraction of sp³-hybridized carbons (Fsp3) is 0.533. The molecule has 1 aromatic carbocycles. The second-order valence-corrected chi connectivity index (χ2v) is 4.80. The minimum Gasteiger partial charge on any atom is -0.495 e. The van der Waals surface area contributed by atoms with Crippen LogP contribution in [0.25, 0.3) is 0 Å². The number of nitrogens with two attached hydrogens (primary N) is 1. The van der Waals surface area contributed by atoms with Gasteiger partial charge < -0.3 is 20.3 Å². The van der Waals surface area contributed by atoms with Crippen molar-refractivity contribution in [3.63, 3.8) is 0 Å². The molecule has 2 rings (SSSR count). The smallest absolute Gasteiger partial charge is 0.236 e. The minimum atomic E-state index is 0.00772. The summed E-state index contributed by atoms with van der Waals surface area (Å²) in [6, 6.07) is 5.71. The van der Waals surface area contributed by atoms with Gasteiger partial charge in [-0.1, -0.05) is 25.4 Å². The van der Waals surface area contributed by atoms with Crippen LogP contribution in [0, 0.1) is 0 Å². The molecule has 1 aliphatic rings. The number of hydrogen-bond acceptors (Lipinski definition) is 4. The van der Waals surface area contributed by atoms with Gasteiger partial charge in [0.1, 0.15) is 5.75 Å². The molecular formula is C15H24ClN3O2. The average Bonchev–Trinajstić information content (AvgIpc) is 2.56. The van der Waals surface area contributed by atoms with Crippen LogP contribution in [0.2, 0.25) is 5.02 Å². The Morgan fingerprint density at radius 3 is 2.43 bits per heavy atom. The van der Waals surface area contributed by atoms with E-state index in [2.05, 4.69) is 4.90 Å². The number of benzene rings is 1. The zero-order valence-electron chi connectivity index (χ0n) is 12.9. The lowest BCUT2D eigenvalue weighted by Gasteiger charge is -2.36. The summed E-state index contributed by atoms with van der Waals surface area (Å²) in [4.78, 5) is 15.5. The Hall–Kier alpha value is -1.46. The van der Waals surface area contributed by atoms with Crippen molar-refractivity contribution < 1.29 is 9.53 Å². The van der Waals surface area contributed by atoms with Gasteiger partial charge in [0, 0.05) is 37.9 Å². The van der Waals surface area contributed by atoms with Crippen LogP contribution >= 0.6 is 11.6 Å². The molecule has 6 heteroatoms. The fourth-order valence-corrected chi connectivity index (χ4v) is 2.38. The van der Waals surface area contributed by atoms with E-state index >= 15 is 0 Å². The number of rotatable bonds is 3. The molecule has 1 aliphatic heterocycles. The molecule has 2 N–H and O–H groups in total. The van der Waals surface area contributed by atoms with Crippen LogP contribution < -0.4 is 15.4 Å². The van der Waals surface area contributed by atoms with Crippen molar-refractivity contribution in [3.8, 4) is 5.75 Å². The van der Waals surface area contributed by atoms with Gasteiger partial charge in [0.25, 0.3) is 0 Å². The molecule has 1 heterocycles. The number of amides is 1. The summed E-state index contributed by atoms with van der Waals surface area (Å²) in [6.07, 6.45) is 0. The third-order valence-electron chi connectivity index (χ3n) is 3.31. The Morgan fingerprint density at radius 1 is 1.29 bits per heavy atom. The second-order valence-electron chi connectivity index (χ2n) is 4.39. The van der Waals surface area contributed by atoms with E-state index in [9.17, 15) is 4.79 Å². The predicted octanol–water partition coefficient (Wildman–Crippen LogP) is 1.98. The molecule has 0 aromatic heterocycles. The molecule has 1 amide bonds. The Morgan fingerprint density at radius 2 is 1.90 bits per heavy atom. The maximum atomic E-state index is 11.5. The first-order chi connectivity index (χ1) is 10.2. The van der Waals surface area contributed by atoms with Gasteiger partial charge in [-0.25, -0.2) is 0 Å². The molecule has 1 aromatic rings. The average molecular weight is 314 g/mol. The highest BCUT2D eigenvalue weighted by atomic mass is 35.5. The summed E-state index contributed by atoms with van der Waals surface area (Å²) >= 11 is 6.01. The minimum absolute atomic E-state index is 0.00772. The summed E-state index contributed by atoms with van der Waals surface area (Å²) in [5, 5.41) is 0.600. The third-order valence-corrected chi connectivity index (χ3v) is 3.62. The molecule has 1 fully saturated rings. The normalized spacial score (nSPS) is 14.3. The summed E-state index contributed by atoms with van der Waals surface area (Å²) in [7, 11) is 1.60. The van der Waals surface area contributed by atoms with Crippen LogP contribution in [0.4, 0.5) is 5.69 Å². The Bertz CT molecular complexity index is 460. The van der Waals surface area contributed by atoms with Gasteiger partial charge in [-0.15, -0.1) is 0 Å². The topological polar surface area (TPSA) is 58.8 Å². The molecule has 0 atom stereocenters. The first-order valence-electron chi connectivity index (χ1n) is 7.22. The van der Waals surface area contributed by atoms with Crippen LogP contribution in [-0.2, 0) is 4.79 Å². The number of nitrogens with zero attached hydrogens (tertiary/aromatic N) is 2. The predicted molar refractivity (Wildman–Crippen MR) is 87.2 cm³/mol. The molecule has 1 saturated heterocycles. The van der Waals surface area contributed by atoms with E-state index in [1.54, 1.807) is 12.0 Å². The molecule has 0 spiro atoms. The summed E-state index contributed by atoms with van der Waals surface area (Å²) in [6.45, 7) is 7.05. The second kappa shape index (κ2) is 8.74. The molecule has 5 nitrogen and oxygen atoms in total. The van der Waals surface area contributed by atoms with Crippen molar-refractivity contribution >= 4 is 23.2 Å². The molecule has 0 bridgehead atoms. The number of carbonyl (C=O) groups is 1. The van der Waals surface area contributed by atoms with E-state index < -0.39 is 0 Å². The summed E-state index contributed by atoms with van der Waals surface area (Å²) in [5.74, 6) is 0.674. The zero-order chi connectivity index (χ0) is 15.8. The SMILES string of the molecule is CC.COc1cc(N2CCN(C(=O)CN)CC2)ccc1Cl. The highest BCUT2D eigenvalue weighted by Gasteiger charge is 2.20. The lowest BCUT2D eigenvalue weighted by Crippen LogP contribution is -2.50. The highest BCUT2D eigenvalue weighted by Crippen LogP contribution is 2.29. The third kappa shape index (κ3) is 4.51. The number of ether oxygens (including phenoxy) is 1. The van der Waals surface area contributed by atoms with Gasteiger partial charge in [-0.3, -0.25) is 4.79 Å². The summed E-state index contributed by atoms with van der Waals surface area (Å²) in [5.41, 5.74) is 6.42. The molecule has 21 heavy (non-hydrogen) atoms. The number of piperazine rings is 1. The molecule has 0 unspecified atom stereocenters. The zero-order valence-corrected chi connectivity index (χ0v) is 13.7. The molecule has 118 valence electrons. The Labute approximate surface area is 131 Å². The lowest BCUT2D eigenvalue weighted by atomic mass is 10.2. The van der Waals surface area contributed by atoms with E-state index in [1.807, 2.05) is 32.0 Å². The Balaban J connectivity index is 0.00000106. The Kier molecular flexibility index (Phi) is 7.32. The number of anilines is 1. The van der Waals surface area contributed by atoms with Gasteiger partial charge in [0.05, 0.1) is 18.7 Å². The van der Waals surface area contributed by atoms with Crippen molar-refractivity contribution in [1.82, 2.24) is 4.90 Å². The van der Waals surface area contributed by atoms with Crippen molar-refractivity contribution in [2.45, 2.75) is 13.8 Å². The van der Waals surface area contributed by atoms with E-state index in [4.69, 9.17) is 22.1 Å².